The van der Waals surface area contributed by atoms with E-state index < -0.39 is 18.2 Å². The van der Waals surface area contributed by atoms with E-state index in [1.807, 2.05) is 0 Å². The highest BCUT2D eigenvalue weighted by Gasteiger charge is 2.26. The van der Waals surface area contributed by atoms with Crippen molar-refractivity contribution in [3.8, 4) is 0 Å². The maximum atomic E-state index is 12.2. The molecule has 4 N–H and O–H groups in total. The summed E-state index contributed by atoms with van der Waals surface area (Å²) in [5, 5.41) is 33.0. The van der Waals surface area contributed by atoms with Crippen molar-refractivity contribution in [1.29, 1.82) is 0 Å². The number of aliphatic hydroxyl groups is 3. The number of amides is 1. The van der Waals surface area contributed by atoms with Crippen LogP contribution in [0.5, 0.6) is 0 Å². The predicted octanol–water partition coefficient (Wildman–Crippen LogP) is 7.14. The molecule has 5 heteroatoms. The van der Waals surface area contributed by atoms with Crippen LogP contribution in [-0.2, 0) is 4.79 Å². The highest BCUT2D eigenvalue weighted by molar-refractivity contribution is 5.76. The first-order valence-corrected chi connectivity index (χ1v) is 15.1. The van der Waals surface area contributed by atoms with Crippen molar-refractivity contribution in [3.05, 3.63) is 24.3 Å². The molecule has 0 aliphatic carbocycles. The summed E-state index contributed by atoms with van der Waals surface area (Å²) in [4.78, 5) is 12.2. The first-order chi connectivity index (χ1) is 17.6. The van der Waals surface area contributed by atoms with Gasteiger partial charge in [0.1, 0.15) is 6.10 Å². The number of hydrogen-bond donors (Lipinski definition) is 4. The number of hydrogen-bond acceptors (Lipinski definition) is 4. The van der Waals surface area contributed by atoms with Gasteiger partial charge in [-0.25, -0.2) is 0 Å². The zero-order valence-electron chi connectivity index (χ0n) is 23.6. The molecule has 0 aliphatic rings. The van der Waals surface area contributed by atoms with Crippen molar-refractivity contribution in [2.24, 2.45) is 0 Å². The molecule has 0 fully saturated rings. The zero-order chi connectivity index (χ0) is 26.7. The average Bonchev–Trinajstić information content (AvgIpc) is 2.88. The van der Waals surface area contributed by atoms with Gasteiger partial charge in [-0.1, -0.05) is 109 Å². The summed E-state index contributed by atoms with van der Waals surface area (Å²) < 4.78 is 0. The Bertz CT molecular complexity index is 535. The largest absolute Gasteiger partial charge is 0.394 e. The summed E-state index contributed by atoms with van der Waals surface area (Å²) in [7, 11) is 0. The van der Waals surface area contributed by atoms with Gasteiger partial charge in [-0.05, 0) is 51.4 Å². The monoisotopic (exact) mass is 509 g/mol. The van der Waals surface area contributed by atoms with Gasteiger partial charge in [-0.3, -0.25) is 4.79 Å². The third-order valence-electron chi connectivity index (χ3n) is 6.79. The van der Waals surface area contributed by atoms with Gasteiger partial charge in [0.05, 0.1) is 18.8 Å². The Morgan fingerprint density at radius 2 is 1.14 bits per heavy atom. The normalized spacial score (nSPS) is 14.5. The molecule has 3 unspecified atom stereocenters. The molecule has 0 radical (unpaired) electrons. The number of aliphatic hydroxyl groups excluding tert-OH is 3. The summed E-state index contributed by atoms with van der Waals surface area (Å²) in [6.07, 6.45) is 28.4. The van der Waals surface area contributed by atoms with Crippen LogP contribution in [0.15, 0.2) is 24.3 Å². The van der Waals surface area contributed by atoms with Gasteiger partial charge in [0.15, 0.2) is 0 Å². The van der Waals surface area contributed by atoms with E-state index in [1.165, 1.54) is 70.6 Å². The standard InChI is InChI=1S/C31H59NO4/c1-3-5-7-9-11-13-14-15-16-18-19-21-23-25-29(34)31(36)28(27-33)32-30(35)26-24-22-20-17-12-10-8-6-4-2/h13-14,18-19,28-29,31,33-34,36H,3-12,15-17,20-27H2,1-2H3,(H,32,35)/b14-13+,19-18+. The number of carbonyl (C=O) groups is 1. The van der Waals surface area contributed by atoms with E-state index in [0.717, 1.165) is 44.9 Å². The van der Waals surface area contributed by atoms with E-state index in [0.29, 0.717) is 12.8 Å². The molecule has 0 aliphatic heterocycles. The minimum Gasteiger partial charge on any atom is -0.394 e. The second kappa shape index (κ2) is 26.9. The fraction of sp³-hybridized carbons (Fsp3) is 0.839. The van der Waals surface area contributed by atoms with Crippen molar-refractivity contribution < 1.29 is 20.1 Å². The molecule has 0 spiro atoms. The molecule has 0 aromatic heterocycles. The Morgan fingerprint density at radius 1 is 0.667 bits per heavy atom. The topological polar surface area (TPSA) is 89.8 Å². The Morgan fingerprint density at radius 3 is 1.69 bits per heavy atom. The van der Waals surface area contributed by atoms with Crippen molar-refractivity contribution in [1.82, 2.24) is 5.32 Å². The first kappa shape index (κ1) is 34.8. The first-order valence-electron chi connectivity index (χ1n) is 15.1. The number of allylic oxidation sites excluding steroid dienone is 4. The second-order valence-corrected chi connectivity index (χ2v) is 10.3. The maximum absolute atomic E-state index is 12.2. The number of nitrogens with one attached hydrogen (secondary N) is 1. The van der Waals surface area contributed by atoms with E-state index in [1.54, 1.807) is 0 Å². The molecule has 0 rings (SSSR count). The van der Waals surface area contributed by atoms with Crippen LogP contribution in [-0.4, -0.2) is 46.1 Å². The summed E-state index contributed by atoms with van der Waals surface area (Å²) in [5.41, 5.74) is 0. The number of unbranched alkanes of at least 4 members (excludes halogenated alkanes) is 14. The Hall–Kier alpha value is -1.17. The van der Waals surface area contributed by atoms with Crippen LogP contribution in [0.1, 0.15) is 142 Å². The number of carbonyl (C=O) groups excluding carboxylic acids is 1. The van der Waals surface area contributed by atoms with Gasteiger partial charge in [0.2, 0.25) is 5.91 Å². The molecule has 0 heterocycles. The van der Waals surface area contributed by atoms with Gasteiger partial charge in [0.25, 0.3) is 0 Å². The van der Waals surface area contributed by atoms with E-state index in [2.05, 4.69) is 43.5 Å². The van der Waals surface area contributed by atoms with Crippen molar-refractivity contribution >= 4 is 5.91 Å². The molecule has 3 atom stereocenters. The van der Waals surface area contributed by atoms with Crippen LogP contribution in [0.25, 0.3) is 0 Å². The lowest BCUT2D eigenvalue weighted by Gasteiger charge is -2.26. The molecule has 5 nitrogen and oxygen atoms in total. The average molecular weight is 510 g/mol. The number of rotatable bonds is 26. The van der Waals surface area contributed by atoms with E-state index in [9.17, 15) is 20.1 Å². The molecule has 36 heavy (non-hydrogen) atoms. The van der Waals surface area contributed by atoms with E-state index >= 15 is 0 Å². The molecular weight excluding hydrogens is 450 g/mol. The Labute approximate surface area is 222 Å². The van der Waals surface area contributed by atoms with Crippen molar-refractivity contribution in [3.63, 3.8) is 0 Å². The second-order valence-electron chi connectivity index (χ2n) is 10.3. The lowest BCUT2D eigenvalue weighted by Crippen LogP contribution is -2.50. The van der Waals surface area contributed by atoms with Crippen LogP contribution in [0, 0.1) is 0 Å². The zero-order valence-corrected chi connectivity index (χ0v) is 23.6. The lowest BCUT2D eigenvalue weighted by atomic mass is 10.0. The minimum atomic E-state index is -1.16. The quantitative estimate of drug-likeness (QED) is 0.0737. The summed E-state index contributed by atoms with van der Waals surface area (Å²) >= 11 is 0. The third kappa shape index (κ3) is 22.1. The highest BCUT2D eigenvalue weighted by atomic mass is 16.3. The van der Waals surface area contributed by atoms with Crippen LogP contribution in [0.3, 0.4) is 0 Å². The molecule has 0 bridgehead atoms. The van der Waals surface area contributed by atoms with Crippen LogP contribution >= 0.6 is 0 Å². The molecule has 0 saturated heterocycles. The predicted molar refractivity (Wildman–Crippen MR) is 153 cm³/mol. The minimum absolute atomic E-state index is 0.166. The van der Waals surface area contributed by atoms with Gasteiger partial charge in [0, 0.05) is 6.42 Å². The van der Waals surface area contributed by atoms with Gasteiger partial charge in [-0.15, -0.1) is 0 Å². The van der Waals surface area contributed by atoms with Gasteiger partial charge in [-0.2, -0.15) is 0 Å². The van der Waals surface area contributed by atoms with Crippen LogP contribution in [0.2, 0.25) is 0 Å². The molecule has 0 saturated carbocycles. The molecular formula is C31H59NO4. The Balaban J connectivity index is 3.87. The van der Waals surface area contributed by atoms with Crippen LogP contribution < -0.4 is 5.32 Å². The third-order valence-corrected chi connectivity index (χ3v) is 6.79. The van der Waals surface area contributed by atoms with E-state index in [4.69, 9.17) is 0 Å². The Kier molecular flexibility index (Phi) is 26.0. The fourth-order valence-electron chi connectivity index (χ4n) is 4.35. The van der Waals surface area contributed by atoms with Gasteiger partial charge < -0.3 is 20.6 Å². The highest BCUT2D eigenvalue weighted by Crippen LogP contribution is 2.12. The molecule has 1 amide bonds. The summed E-state index contributed by atoms with van der Waals surface area (Å²) in [6, 6.07) is -0.824. The van der Waals surface area contributed by atoms with E-state index in [-0.39, 0.29) is 12.5 Å². The molecule has 212 valence electrons. The lowest BCUT2D eigenvalue weighted by molar-refractivity contribution is -0.124. The maximum Gasteiger partial charge on any atom is 0.220 e. The fourth-order valence-corrected chi connectivity index (χ4v) is 4.35. The molecule has 0 aromatic rings. The SMILES string of the molecule is CCCCCC/C=C/CC/C=C/CCCC(O)C(O)C(CO)NC(=O)CCCCCCCCCCC. The van der Waals surface area contributed by atoms with Crippen LogP contribution in [0.4, 0.5) is 0 Å². The van der Waals surface area contributed by atoms with Crippen molar-refractivity contribution in [2.75, 3.05) is 6.61 Å². The summed E-state index contributed by atoms with van der Waals surface area (Å²) in [6.45, 7) is 4.08. The molecule has 0 aromatic carbocycles. The summed E-state index contributed by atoms with van der Waals surface area (Å²) in [5.74, 6) is -0.166. The van der Waals surface area contributed by atoms with Gasteiger partial charge >= 0.3 is 0 Å². The van der Waals surface area contributed by atoms with Crippen molar-refractivity contribution in [2.45, 2.75) is 161 Å². The smallest absolute Gasteiger partial charge is 0.220 e.